The first-order valence-corrected chi connectivity index (χ1v) is 10.8. The van der Waals surface area contributed by atoms with Crippen molar-refractivity contribution in [1.29, 1.82) is 0 Å². The maximum atomic E-state index is 4.61. The van der Waals surface area contributed by atoms with Crippen molar-refractivity contribution < 1.29 is 0 Å². The van der Waals surface area contributed by atoms with Crippen LogP contribution < -0.4 is 16.0 Å². The Hall–Kier alpha value is -2.80. The molecular weight excluding hydrogens is 368 g/mol. The van der Waals surface area contributed by atoms with Crippen LogP contribution in [0.3, 0.4) is 0 Å². The van der Waals surface area contributed by atoms with E-state index in [0.717, 1.165) is 17.8 Å². The van der Waals surface area contributed by atoms with Gasteiger partial charge in [0.15, 0.2) is 0 Å². The minimum Gasteiger partial charge on any atom is -0.350 e. The summed E-state index contributed by atoms with van der Waals surface area (Å²) in [5.41, 5.74) is 1.88. The van der Waals surface area contributed by atoms with Crippen LogP contribution in [-0.4, -0.2) is 32.5 Å². The molecule has 0 bridgehead atoms. The average molecular weight is 393 g/mol. The number of rotatable bonds is 7. The van der Waals surface area contributed by atoms with Crippen molar-refractivity contribution in [2.24, 2.45) is 0 Å². The van der Waals surface area contributed by atoms with Crippen LogP contribution in [0.5, 0.6) is 0 Å². The van der Waals surface area contributed by atoms with E-state index in [4.69, 9.17) is 0 Å². The van der Waals surface area contributed by atoms with Crippen LogP contribution in [-0.2, 0) is 0 Å². The molecule has 4 rings (SSSR count). The topological polar surface area (TPSA) is 74.8 Å². The summed E-state index contributed by atoms with van der Waals surface area (Å²) in [4.78, 5) is 13.8. The van der Waals surface area contributed by atoms with Gasteiger partial charge in [-0.3, -0.25) is 0 Å². The number of benzene rings is 2. The van der Waals surface area contributed by atoms with E-state index in [2.05, 4.69) is 37.2 Å². The number of thioether (sulfide) groups is 1. The van der Waals surface area contributed by atoms with Crippen LogP contribution in [0.2, 0.25) is 0 Å². The molecule has 0 amide bonds. The molecule has 3 N–H and O–H groups in total. The van der Waals surface area contributed by atoms with Gasteiger partial charge in [0.05, 0.1) is 0 Å². The summed E-state index contributed by atoms with van der Waals surface area (Å²) in [6.07, 6.45) is 5.77. The number of para-hydroxylation sites is 2. The highest BCUT2D eigenvalue weighted by molar-refractivity contribution is 7.99. The minimum atomic E-state index is 0.381. The van der Waals surface area contributed by atoms with Gasteiger partial charge in [0.25, 0.3) is 0 Å². The zero-order valence-corrected chi connectivity index (χ0v) is 16.6. The second-order valence-corrected chi connectivity index (χ2v) is 7.82. The molecule has 1 aromatic heterocycles. The Balaban J connectivity index is 1.60. The molecule has 2 atom stereocenters. The van der Waals surface area contributed by atoms with Gasteiger partial charge in [0.1, 0.15) is 0 Å². The van der Waals surface area contributed by atoms with Gasteiger partial charge in [-0.1, -0.05) is 42.8 Å². The molecule has 1 aliphatic rings. The lowest BCUT2D eigenvalue weighted by molar-refractivity contribution is 0.755. The number of aromatic nitrogens is 3. The third-order valence-corrected chi connectivity index (χ3v) is 5.93. The maximum absolute atomic E-state index is 4.61. The van der Waals surface area contributed by atoms with Crippen molar-refractivity contribution in [3.8, 4) is 0 Å². The summed E-state index contributed by atoms with van der Waals surface area (Å²) in [5.74, 6) is 1.62. The van der Waals surface area contributed by atoms with Gasteiger partial charge in [-0.25, -0.2) is 0 Å². The van der Waals surface area contributed by atoms with E-state index in [1.165, 1.54) is 12.8 Å². The van der Waals surface area contributed by atoms with Crippen LogP contribution in [0.4, 0.5) is 29.2 Å². The molecule has 1 saturated carbocycles. The van der Waals surface area contributed by atoms with E-state index < -0.39 is 0 Å². The number of hydrogen-bond donors (Lipinski definition) is 3. The minimum absolute atomic E-state index is 0.381. The summed E-state index contributed by atoms with van der Waals surface area (Å²) < 4.78 is 0. The summed E-state index contributed by atoms with van der Waals surface area (Å²) >= 11 is 1.91. The standard InChI is InChI=1S/C21H24N6S/c1-28-18-14-8-13-17(18)24-21-26-19(22-15-9-4-2-5-10-15)25-20(27-21)23-16-11-6-3-7-12-16/h2-7,9-12,17-18H,8,13-14H2,1H3,(H3,22,23,24,25,26,27)/t17-,18?/m1/s1. The predicted molar refractivity (Wildman–Crippen MR) is 118 cm³/mol. The Labute approximate surface area is 169 Å². The first kappa shape index (κ1) is 18.6. The van der Waals surface area contributed by atoms with Crippen LogP contribution in [0.1, 0.15) is 19.3 Å². The molecule has 1 unspecified atom stereocenters. The summed E-state index contributed by atoms with van der Waals surface area (Å²) in [7, 11) is 0. The van der Waals surface area contributed by atoms with Gasteiger partial charge in [0, 0.05) is 22.7 Å². The highest BCUT2D eigenvalue weighted by Gasteiger charge is 2.27. The molecule has 2 aromatic carbocycles. The molecule has 0 aliphatic heterocycles. The molecular formula is C21H24N6S. The third kappa shape index (κ3) is 4.72. The monoisotopic (exact) mass is 392 g/mol. The molecule has 28 heavy (non-hydrogen) atoms. The molecule has 1 heterocycles. The predicted octanol–water partition coefficient (Wildman–Crippen LogP) is 5.05. The quantitative estimate of drug-likeness (QED) is 0.519. The fraction of sp³-hybridized carbons (Fsp3) is 0.286. The van der Waals surface area contributed by atoms with Gasteiger partial charge < -0.3 is 16.0 Å². The van der Waals surface area contributed by atoms with E-state index >= 15 is 0 Å². The highest BCUT2D eigenvalue weighted by Crippen LogP contribution is 2.30. The molecule has 6 nitrogen and oxygen atoms in total. The molecule has 7 heteroatoms. The van der Waals surface area contributed by atoms with E-state index in [9.17, 15) is 0 Å². The fourth-order valence-corrected chi connectivity index (χ4v) is 4.33. The van der Waals surface area contributed by atoms with Crippen molar-refractivity contribution in [2.75, 3.05) is 22.2 Å². The fourth-order valence-electron chi connectivity index (χ4n) is 3.39. The van der Waals surface area contributed by atoms with E-state index in [-0.39, 0.29) is 0 Å². The van der Waals surface area contributed by atoms with Crippen molar-refractivity contribution >= 4 is 41.0 Å². The second-order valence-electron chi connectivity index (χ2n) is 6.74. The number of hydrogen-bond acceptors (Lipinski definition) is 7. The van der Waals surface area contributed by atoms with E-state index in [1.807, 2.05) is 72.4 Å². The Morgan fingerprint density at radius 3 is 1.82 bits per heavy atom. The van der Waals surface area contributed by atoms with Crippen molar-refractivity contribution in [3.05, 3.63) is 60.7 Å². The normalized spacial score (nSPS) is 18.6. The summed E-state index contributed by atoms with van der Waals surface area (Å²) in [6.45, 7) is 0. The average Bonchev–Trinajstić information content (AvgIpc) is 3.16. The number of nitrogens with one attached hydrogen (secondary N) is 3. The van der Waals surface area contributed by atoms with Crippen molar-refractivity contribution in [2.45, 2.75) is 30.6 Å². The van der Waals surface area contributed by atoms with Crippen LogP contribution in [0.25, 0.3) is 0 Å². The van der Waals surface area contributed by atoms with Gasteiger partial charge in [-0.15, -0.1) is 0 Å². The Bertz CT molecular complexity index is 830. The van der Waals surface area contributed by atoms with Gasteiger partial charge >= 0.3 is 0 Å². The lowest BCUT2D eigenvalue weighted by Gasteiger charge is -2.20. The van der Waals surface area contributed by atoms with E-state index in [0.29, 0.717) is 29.1 Å². The van der Waals surface area contributed by atoms with Crippen LogP contribution in [0, 0.1) is 0 Å². The molecule has 0 spiro atoms. The lowest BCUT2D eigenvalue weighted by atomic mass is 10.2. The van der Waals surface area contributed by atoms with Crippen molar-refractivity contribution in [3.63, 3.8) is 0 Å². The first-order valence-electron chi connectivity index (χ1n) is 9.50. The molecule has 0 saturated heterocycles. The SMILES string of the molecule is CSC1CCC[C@H]1Nc1nc(Nc2ccccc2)nc(Nc2ccccc2)n1. The molecule has 144 valence electrons. The third-order valence-electron chi connectivity index (χ3n) is 4.77. The molecule has 0 radical (unpaired) electrons. The van der Waals surface area contributed by atoms with Gasteiger partial charge in [0.2, 0.25) is 17.8 Å². The molecule has 1 fully saturated rings. The number of nitrogens with zero attached hydrogens (tertiary/aromatic N) is 3. The summed E-state index contributed by atoms with van der Waals surface area (Å²) in [5, 5.41) is 10.7. The summed E-state index contributed by atoms with van der Waals surface area (Å²) in [6, 6.07) is 20.2. The maximum Gasteiger partial charge on any atom is 0.233 e. The molecule has 1 aliphatic carbocycles. The lowest BCUT2D eigenvalue weighted by Crippen LogP contribution is -2.27. The second kappa shape index (κ2) is 8.93. The van der Waals surface area contributed by atoms with Gasteiger partial charge in [-0.2, -0.15) is 26.7 Å². The first-order chi connectivity index (χ1) is 13.8. The van der Waals surface area contributed by atoms with E-state index in [1.54, 1.807) is 0 Å². The zero-order chi connectivity index (χ0) is 19.2. The van der Waals surface area contributed by atoms with Crippen LogP contribution in [0.15, 0.2) is 60.7 Å². The zero-order valence-electron chi connectivity index (χ0n) is 15.8. The largest absolute Gasteiger partial charge is 0.350 e. The van der Waals surface area contributed by atoms with Crippen molar-refractivity contribution in [1.82, 2.24) is 15.0 Å². The molecule has 3 aromatic rings. The number of anilines is 5. The van der Waals surface area contributed by atoms with Gasteiger partial charge in [-0.05, 0) is 43.4 Å². The van der Waals surface area contributed by atoms with Crippen LogP contribution >= 0.6 is 11.8 Å². The Kier molecular flexibility index (Phi) is 5.92. The highest BCUT2D eigenvalue weighted by atomic mass is 32.2. The smallest absolute Gasteiger partial charge is 0.233 e. The Morgan fingerprint density at radius 2 is 1.29 bits per heavy atom. The Morgan fingerprint density at radius 1 is 0.750 bits per heavy atom.